The zero-order chi connectivity index (χ0) is 17.8. The van der Waals surface area contributed by atoms with Crippen LogP contribution in [0.2, 0.25) is 0 Å². The van der Waals surface area contributed by atoms with Gasteiger partial charge in [0.05, 0.1) is 30.5 Å². The summed E-state index contributed by atoms with van der Waals surface area (Å²) in [4.78, 5) is 22.4. The monoisotopic (exact) mass is 354 g/mol. The highest BCUT2D eigenvalue weighted by Crippen LogP contribution is 2.39. The van der Waals surface area contributed by atoms with Crippen molar-refractivity contribution in [1.82, 2.24) is 29.8 Å². The van der Waals surface area contributed by atoms with Gasteiger partial charge >= 0.3 is 0 Å². The number of fused-ring (bicyclic) bond motifs is 1. The first-order valence-electron chi connectivity index (χ1n) is 8.39. The van der Waals surface area contributed by atoms with Crippen molar-refractivity contribution in [2.24, 2.45) is 7.05 Å². The van der Waals surface area contributed by atoms with Gasteiger partial charge in [-0.2, -0.15) is 10.1 Å². The fraction of sp³-hybridized carbons (Fsp3) is 0.353. The Morgan fingerprint density at radius 3 is 2.96 bits per heavy atom. The number of nitrogens with zero attached hydrogens (tertiary/aromatic N) is 6. The van der Waals surface area contributed by atoms with Gasteiger partial charge in [0.25, 0.3) is 11.8 Å². The number of pyridine rings is 1. The van der Waals surface area contributed by atoms with Crippen molar-refractivity contribution in [1.29, 1.82) is 0 Å². The lowest BCUT2D eigenvalue weighted by Gasteiger charge is -2.16. The van der Waals surface area contributed by atoms with Crippen LogP contribution >= 0.6 is 0 Å². The number of hydrogen-bond acceptors (Lipinski definition) is 6. The molecule has 3 aromatic heterocycles. The summed E-state index contributed by atoms with van der Waals surface area (Å²) in [6.45, 7) is 0.670. The van der Waals surface area contributed by atoms with Crippen molar-refractivity contribution in [2.75, 3.05) is 0 Å². The maximum absolute atomic E-state index is 13.9. The quantitative estimate of drug-likeness (QED) is 0.715. The number of carbonyl (C=O) groups excluding carboxylic acids is 1. The van der Waals surface area contributed by atoms with E-state index in [1.54, 1.807) is 9.58 Å². The molecule has 26 heavy (non-hydrogen) atoms. The van der Waals surface area contributed by atoms with Gasteiger partial charge in [-0.3, -0.25) is 14.5 Å². The Morgan fingerprint density at radius 2 is 2.19 bits per heavy atom. The summed E-state index contributed by atoms with van der Waals surface area (Å²) in [6.07, 6.45) is 4.61. The molecule has 0 radical (unpaired) electrons. The van der Waals surface area contributed by atoms with Crippen LogP contribution in [0.4, 0.5) is 4.39 Å². The van der Waals surface area contributed by atoms with E-state index in [9.17, 15) is 9.18 Å². The predicted molar refractivity (Wildman–Crippen MR) is 86.2 cm³/mol. The third-order valence-corrected chi connectivity index (χ3v) is 4.84. The van der Waals surface area contributed by atoms with Crippen LogP contribution in [0.3, 0.4) is 0 Å². The highest BCUT2D eigenvalue weighted by Gasteiger charge is 2.34. The topological polar surface area (TPSA) is 89.9 Å². The molecule has 2 aliphatic rings. The molecule has 1 fully saturated rings. The molecule has 1 saturated carbocycles. The number of aromatic nitrogens is 5. The number of aryl methyl sites for hydroxylation is 1. The van der Waals surface area contributed by atoms with Crippen LogP contribution in [0.5, 0.6) is 0 Å². The van der Waals surface area contributed by atoms with E-state index in [4.69, 9.17) is 4.52 Å². The Hall–Kier alpha value is -3.10. The van der Waals surface area contributed by atoms with Crippen molar-refractivity contribution in [3.63, 3.8) is 0 Å². The minimum absolute atomic E-state index is 0.0103. The Kier molecular flexibility index (Phi) is 3.18. The lowest BCUT2D eigenvalue weighted by Crippen LogP contribution is -2.27. The largest absolute Gasteiger partial charge is 0.332 e. The average Bonchev–Trinajstić information content (AvgIpc) is 3.09. The van der Waals surface area contributed by atoms with Gasteiger partial charge in [-0.15, -0.1) is 0 Å². The van der Waals surface area contributed by atoms with Gasteiger partial charge in [-0.05, 0) is 18.9 Å². The molecule has 0 bridgehead atoms. The summed E-state index contributed by atoms with van der Waals surface area (Å²) in [7, 11) is 1.81. The Bertz CT molecular complexity index is 1020. The smallest absolute Gasteiger partial charge is 0.278 e. The number of amides is 1. The lowest BCUT2D eigenvalue weighted by atomic mass is 10.2. The second-order valence-electron chi connectivity index (χ2n) is 6.65. The maximum Gasteiger partial charge on any atom is 0.278 e. The predicted octanol–water partition coefficient (Wildman–Crippen LogP) is 2.04. The molecule has 8 nitrogen and oxygen atoms in total. The molecule has 0 atom stereocenters. The minimum atomic E-state index is -0.627. The molecule has 3 aromatic rings. The summed E-state index contributed by atoms with van der Waals surface area (Å²) in [6, 6.07) is 1.39. The fourth-order valence-corrected chi connectivity index (χ4v) is 3.27. The van der Waals surface area contributed by atoms with Crippen LogP contribution in [0.15, 0.2) is 23.0 Å². The van der Waals surface area contributed by atoms with Crippen molar-refractivity contribution in [3.05, 3.63) is 46.9 Å². The SMILES string of the molecule is Cn1nc(-c2nc(C3CC3)no2)c2c1CN(C(=O)c1ccncc1F)C2. The van der Waals surface area contributed by atoms with E-state index >= 15 is 0 Å². The minimum Gasteiger partial charge on any atom is -0.332 e. The molecule has 0 unspecified atom stereocenters. The zero-order valence-electron chi connectivity index (χ0n) is 14.0. The number of rotatable bonds is 3. The van der Waals surface area contributed by atoms with E-state index in [0.717, 1.165) is 30.3 Å². The number of halogens is 1. The van der Waals surface area contributed by atoms with E-state index in [-0.39, 0.29) is 11.5 Å². The maximum atomic E-state index is 13.9. The molecule has 0 saturated heterocycles. The van der Waals surface area contributed by atoms with Crippen LogP contribution < -0.4 is 0 Å². The molecule has 4 heterocycles. The molecule has 1 aliphatic carbocycles. The van der Waals surface area contributed by atoms with Gasteiger partial charge in [-0.25, -0.2) is 4.39 Å². The molecular formula is C17H15FN6O2. The molecule has 0 N–H and O–H groups in total. The highest BCUT2D eigenvalue weighted by molar-refractivity contribution is 5.94. The highest BCUT2D eigenvalue weighted by atomic mass is 19.1. The van der Waals surface area contributed by atoms with Crippen molar-refractivity contribution < 1.29 is 13.7 Å². The van der Waals surface area contributed by atoms with Crippen molar-refractivity contribution >= 4 is 5.91 Å². The lowest BCUT2D eigenvalue weighted by molar-refractivity contribution is 0.0743. The fourth-order valence-electron chi connectivity index (χ4n) is 3.27. The second-order valence-corrected chi connectivity index (χ2v) is 6.65. The van der Waals surface area contributed by atoms with E-state index in [0.29, 0.717) is 36.4 Å². The Morgan fingerprint density at radius 1 is 1.35 bits per heavy atom. The number of hydrogen-bond donors (Lipinski definition) is 0. The van der Waals surface area contributed by atoms with Crippen molar-refractivity contribution in [2.45, 2.75) is 31.8 Å². The van der Waals surface area contributed by atoms with Gasteiger partial charge in [0.2, 0.25) is 0 Å². The molecule has 5 rings (SSSR count). The van der Waals surface area contributed by atoms with E-state index in [1.807, 2.05) is 7.05 Å². The van der Waals surface area contributed by atoms with E-state index in [2.05, 4.69) is 20.2 Å². The summed E-state index contributed by atoms with van der Waals surface area (Å²) in [5.74, 6) is 0.461. The molecule has 0 aromatic carbocycles. The molecule has 9 heteroatoms. The summed E-state index contributed by atoms with van der Waals surface area (Å²) < 4.78 is 21.0. The normalized spacial score (nSPS) is 16.2. The van der Waals surface area contributed by atoms with Gasteiger partial charge in [-0.1, -0.05) is 5.16 Å². The molecular weight excluding hydrogens is 339 g/mol. The third-order valence-electron chi connectivity index (χ3n) is 4.84. The second kappa shape index (κ2) is 5.45. The molecule has 132 valence electrons. The van der Waals surface area contributed by atoms with Crippen LogP contribution in [0.25, 0.3) is 11.6 Å². The summed E-state index contributed by atoms with van der Waals surface area (Å²) in [5, 5.41) is 8.51. The molecule has 1 aliphatic heterocycles. The number of carbonyl (C=O) groups is 1. The van der Waals surface area contributed by atoms with E-state index in [1.165, 1.54) is 12.3 Å². The van der Waals surface area contributed by atoms with Crippen LogP contribution in [-0.2, 0) is 20.1 Å². The Balaban J connectivity index is 1.46. The Labute approximate surface area is 147 Å². The van der Waals surface area contributed by atoms with Gasteiger partial charge < -0.3 is 9.42 Å². The summed E-state index contributed by atoms with van der Waals surface area (Å²) >= 11 is 0. The molecule has 1 amide bonds. The van der Waals surface area contributed by atoms with Gasteiger partial charge in [0.15, 0.2) is 17.3 Å². The van der Waals surface area contributed by atoms with Gasteiger partial charge in [0, 0.05) is 24.7 Å². The first-order valence-corrected chi connectivity index (χ1v) is 8.39. The van der Waals surface area contributed by atoms with Crippen LogP contribution in [0.1, 0.15) is 46.2 Å². The zero-order valence-corrected chi connectivity index (χ0v) is 14.0. The third kappa shape index (κ3) is 2.31. The van der Waals surface area contributed by atoms with Crippen molar-refractivity contribution in [3.8, 4) is 11.6 Å². The van der Waals surface area contributed by atoms with E-state index < -0.39 is 5.82 Å². The first kappa shape index (κ1) is 15.2. The summed E-state index contributed by atoms with van der Waals surface area (Å²) in [5.41, 5.74) is 2.35. The average molecular weight is 354 g/mol. The van der Waals surface area contributed by atoms with Gasteiger partial charge in [0.1, 0.15) is 0 Å². The molecule has 0 spiro atoms. The van der Waals surface area contributed by atoms with Crippen LogP contribution in [0, 0.1) is 5.82 Å². The standard InChI is InChI=1S/C17H15FN6O2/c1-23-13-8-24(17(25)10-4-5-19-6-12(10)18)7-11(13)14(21-23)16-20-15(22-26-16)9-2-3-9/h4-6,9H,2-3,7-8H2,1H3. The van der Waals surface area contributed by atoms with Crippen LogP contribution in [-0.4, -0.2) is 35.7 Å². The first-order chi connectivity index (χ1) is 12.6.